The van der Waals surface area contributed by atoms with Crippen LogP contribution in [0, 0.1) is 19.7 Å². The van der Waals surface area contributed by atoms with E-state index in [0.29, 0.717) is 17.1 Å². The number of aliphatic hydroxyl groups is 1. The first-order valence-electron chi connectivity index (χ1n) is 6.67. The molecule has 2 aromatic rings. The molecule has 0 unspecified atom stereocenters. The van der Waals surface area contributed by atoms with Crippen LogP contribution in [0.5, 0.6) is 0 Å². The third kappa shape index (κ3) is 3.37. The Morgan fingerprint density at radius 1 is 1.32 bits per heavy atom. The Labute approximate surface area is 128 Å². The highest BCUT2D eigenvalue weighted by Gasteiger charge is 2.30. The first-order chi connectivity index (χ1) is 10.1. The van der Waals surface area contributed by atoms with E-state index >= 15 is 0 Å². The average molecular weight is 327 g/mol. The van der Waals surface area contributed by atoms with Gasteiger partial charge in [-0.2, -0.15) is 0 Å². The van der Waals surface area contributed by atoms with Crippen molar-refractivity contribution in [3.8, 4) is 0 Å². The van der Waals surface area contributed by atoms with Crippen LogP contribution in [0.15, 0.2) is 39.6 Å². The second kappa shape index (κ2) is 5.83. The molecule has 0 saturated heterocycles. The van der Waals surface area contributed by atoms with Crippen LogP contribution in [0.1, 0.15) is 24.0 Å². The highest BCUT2D eigenvalue weighted by atomic mass is 32.2. The van der Waals surface area contributed by atoms with Crippen LogP contribution in [-0.4, -0.2) is 20.1 Å². The van der Waals surface area contributed by atoms with E-state index in [2.05, 4.69) is 4.72 Å². The highest BCUT2D eigenvalue weighted by molar-refractivity contribution is 7.89. The Balaban J connectivity index is 2.22. The number of aryl methyl sites for hydroxylation is 2. The average Bonchev–Trinajstić information content (AvgIpc) is 2.77. The monoisotopic (exact) mass is 327 g/mol. The predicted octanol–water partition coefficient (Wildman–Crippen LogP) is 2.22. The van der Waals surface area contributed by atoms with Gasteiger partial charge in [-0.3, -0.25) is 0 Å². The third-order valence-corrected chi connectivity index (χ3v) is 4.79. The van der Waals surface area contributed by atoms with Crippen LogP contribution < -0.4 is 4.72 Å². The van der Waals surface area contributed by atoms with Crippen LogP contribution in [0.4, 0.5) is 4.39 Å². The summed E-state index contributed by atoms with van der Waals surface area (Å²) in [5.74, 6) is 0.280. The summed E-state index contributed by atoms with van der Waals surface area (Å²) in [5.41, 5.74) is -0.985. The number of benzene rings is 1. The first-order valence-corrected chi connectivity index (χ1v) is 8.16. The van der Waals surface area contributed by atoms with Gasteiger partial charge in [0.1, 0.15) is 27.8 Å². The van der Waals surface area contributed by atoms with E-state index in [9.17, 15) is 17.9 Å². The molecule has 0 bridgehead atoms. The first kappa shape index (κ1) is 16.7. The molecule has 1 aromatic carbocycles. The second-order valence-electron chi connectivity index (χ2n) is 5.36. The van der Waals surface area contributed by atoms with Crippen molar-refractivity contribution in [1.82, 2.24) is 4.72 Å². The molecule has 1 atom stereocenters. The number of hydrogen-bond donors (Lipinski definition) is 2. The van der Waals surface area contributed by atoms with Crippen LogP contribution in [0.2, 0.25) is 0 Å². The van der Waals surface area contributed by atoms with E-state index in [0.717, 1.165) is 6.07 Å². The zero-order valence-corrected chi connectivity index (χ0v) is 13.4. The minimum atomic E-state index is -4.05. The number of hydrogen-bond acceptors (Lipinski definition) is 4. The molecule has 0 fully saturated rings. The molecule has 0 radical (unpaired) electrons. The summed E-state index contributed by atoms with van der Waals surface area (Å²) in [5, 5.41) is 10.5. The smallest absolute Gasteiger partial charge is 0.243 e. The second-order valence-corrected chi connectivity index (χ2v) is 7.09. The molecule has 1 heterocycles. The van der Waals surface area contributed by atoms with Gasteiger partial charge < -0.3 is 9.52 Å². The van der Waals surface area contributed by atoms with Crippen LogP contribution in [0.25, 0.3) is 0 Å². The van der Waals surface area contributed by atoms with Gasteiger partial charge in [0, 0.05) is 12.1 Å². The van der Waals surface area contributed by atoms with E-state index in [1.807, 2.05) is 0 Å². The molecule has 0 spiro atoms. The van der Waals surface area contributed by atoms with E-state index < -0.39 is 26.3 Å². The lowest BCUT2D eigenvalue weighted by Gasteiger charge is -2.23. The Hall–Kier alpha value is -1.70. The van der Waals surface area contributed by atoms with Crippen LogP contribution >= 0.6 is 0 Å². The topological polar surface area (TPSA) is 79.5 Å². The van der Waals surface area contributed by atoms with Gasteiger partial charge in [-0.15, -0.1) is 0 Å². The normalized spacial score (nSPS) is 14.8. The minimum absolute atomic E-state index is 0.302. The standard InChI is InChI=1S/C15H18FNO4S/c1-10-8-12(11(2)21-10)15(3,18)9-17-22(19,20)14-7-5-4-6-13(14)16/h4-8,17-18H,9H2,1-3H3/t15-/m0/s1. The SMILES string of the molecule is Cc1cc([C@@](C)(O)CNS(=O)(=O)c2ccccc2F)c(C)o1. The van der Waals surface area contributed by atoms with Crippen LogP contribution in [-0.2, 0) is 15.6 Å². The number of furan rings is 1. The molecule has 0 amide bonds. The van der Waals surface area contributed by atoms with Gasteiger partial charge in [0.05, 0.1) is 0 Å². The number of halogens is 1. The minimum Gasteiger partial charge on any atom is -0.466 e. The Bertz CT molecular complexity index is 781. The summed E-state index contributed by atoms with van der Waals surface area (Å²) < 4.78 is 45.4. The molecular formula is C15H18FNO4S. The maximum atomic E-state index is 13.6. The molecule has 0 saturated carbocycles. The lowest BCUT2D eigenvalue weighted by atomic mass is 9.97. The maximum Gasteiger partial charge on any atom is 0.243 e. The lowest BCUT2D eigenvalue weighted by molar-refractivity contribution is 0.0612. The number of nitrogens with one attached hydrogen (secondary N) is 1. The molecule has 2 N–H and O–H groups in total. The van der Waals surface area contributed by atoms with Crippen LogP contribution in [0.3, 0.4) is 0 Å². The van der Waals surface area contributed by atoms with Crippen molar-refractivity contribution in [3.05, 3.63) is 53.2 Å². The summed E-state index contributed by atoms with van der Waals surface area (Å²) in [6, 6.07) is 6.71. The maximum absolute atomic E-state index is 13.6. The van der Waals surface area contributed by atoms with Crippen molar-refractivity contribution >= 4 is 10.0 Å². The van der Waals surface area contributed by atoms with Crippen molar-refractivity contribution in [3.63, 3.8) is 0 Å². The highest BCUT2D eigenvalue weighted by Crippen LogP contribution is 2.27. The summed E-state index contributed by atoms with van der Waals surface area (Å²) in [7, 11) is -4.05. The van der Waals surface area contributed by atoms with Gasteiger partial charge >= 0.3 is 0 Å². The largest absolute Gasteiger partial charge is 0.466 e. The van der Waals surface area contributed by atoms with Gasteiger partial charge in [-0.1, -0.05) is 12.1 Å². The summed E-state index contributed by atoms with van der Waals surface area (Å²) >= 11 is 0. The summed E-state index contributed by atoms with van der Waals surface area (Å²) in [4.78, 5) is -0.453. The molecule has 0 aliphatic heterocycles. The number of sulfonamides is 1. The van der Waals surface area contributed by atoms with Crippen molar-refractivity contribution in [2.24, 2.45) is 0 Å². The summed E-state index contributed by atoms with van der Waals surface area (Å²) in [6.45, 7) is 4.58. The molecule has 22 heavy (non-hydrogen) atoms. The zero-order chi connectivity index (χ0) is 16.5. The van der Waals surface area contributed by atoms with Crippen molar-refractivity contribution in [1.29, 1.82) is 0 Å². The molecule has 0 aliphatic rings. The quantitative estimate of drug-likeness (QED) is 0.882. The van der Waals surface area contributed by atoms with Crippen molar-refractivity contribution in [2.75, 3.05) is 6.54 Å². The zero-order valence-electron chi connectivity index (χ0n) is 12.6. The Morgan fingerprint density at radius 3 is 2.50 bits per heavy atom. The lowest BCUT2D eigenvalue weighted by Crippen LogP contribution is -2.39. The third-order valence-electron chi connectivity index (χ3n) is 3.35. The van der Waals surface area contributed by atoms with E-state index in [1.165, 1.54) is 25.1 Å². The van der Waals surface area contributed by atoms with Gasteiger partial charge in [-0.25, -0.2) is 17.5 Å². The van der Waals surface area contributed by atoms with Gasteiger partial charge in [0.25, 0.3) is 0 Å². The predicted molar refractivity (Wildman–Crippen MR) is 79.3 cm³/mol. The van der Waals surface area contributed by atoms with E-state index in [-0.39, 0.29) is 6.54 Å². The molecule has 7 heteroatoms. The van der Waals surface area contributed by atoms with Gasteiger partial charge in [-0.05, 0) is 39.0 Å². The molecule has 0 aliphatic carbocycles. The fraction of sp³-hybridized carbons (Fsp3) is 0.333. The molecular weight excluding hydrogens is 309 g/mol. The van der Waals surface area contributed by atoms with E-state index in [1.54, 1.807) is 19.9 Å². The Morgan fingerprint density at radius 2 is 1.95 bits per heavy atom. The Kier molecular flexibility index (Phi) is 4.42. The van der Waals surface area contributed by atoms with Gasteiger partial charge in [0.15, 0.2) is 0 Å². The number of rotatable bonds is 5. The fourth-order valence-corrected chi connectivity index (χ4v) is 3.45. The van der Waals surface area contributed by atoms with Crippen molar-refractivity contribution in [2.45, 2.75) is 31.3 Å². The molecule has 120 valence electrons. The summed E-state index contributed by atoms with van der Waals surface area (Å²) in [6.07, 6.45) is 0. The van der Waals surface area contributed by atoms with Crippen molar-refractivity contribution < 1.29 is 22.3 Å². The molecule has 1 aromatic heterocycles. The van der Waals surface area contributed by atoms with Gasteiger partial charge in [0.2, 0.25) is 10.0 Å². The van der Waals surface area contributed by atoms with E-state index in [4.69, 9.17) is 4.42 Å². The fourth-order valence-electron chi connectivity index (χ4n) is 2.24. The molecule has 5 nitrogen and oxygen atoms in total. The molecule has 2 rings (SSSR count).